The maximum absolute atomic E-state index is 5.41. The zero-order chi connectivity index (χ0) is 13.8. The van der Waals surface area contributed by atoms with Crippen molar-refractivity contribution >= 4 is 5.82 Å². The smallest absolute Gasteiger partial charge is 0.218 e. The van der Waals surface area contributed by atoms with E-state index >= 15 is 0 Å². The molecule has 0 atom stereocenters. The van der Waals surface area contributed by atoms with Crippen molar-refractivity contribution in [3.8, 4) is 5.88 Å². The summed E-state index contributed by atoms with van der Waals surface area (Å²) < 4.78 is 5.41. The van der Waals surface area contributed by atoms with Gasteiger partial charge in [-0.3, -0.25) is 0 Å². The molecule has 1 N–H and O–H groups in total. The monoisotopic (exact) mass is 252 g/mol. The maximum Gasteiger partial charge on any atom is 0.218 e. The molecule has 0 bridgehead atoms. The predicted octanol–water partition coefficient (Wildman–Crippen LogP) is 1.94. The number of likely N-dealkylation sites (N-methyl/N-ethyl adjacent to an activating group) is 1. The lowest BCUT2D eigenvalue weighted by atomic mass is 10.0. The third-order valence-electron chi connectivity index (χ3n) is 3.02. The van der Waals surface area contributed by atoms with Crippen LogP contribution in [0.5, 0.6) is 5.88 Å². The van der Waals surface area contributed by atoms with Gasteiger partial charge in [0.1, 0.15) is 11.6 Å². The molecule has 0 fully saturated rings. The molecule has 0 unspecified atom stereocenters. The van der Waals surface area contributed by atoms with Gasteiger partial charge in [0.25, 0.3) is 0 Å². The van der Waals surface area contributed by atoms with E-state index in [4.69, 9.17) is 4.74 Å². The number of aryl methyl sites for hydroxylation is 1. The van der Waals surface area contributed by atoms with Gasteiger partial charge in [0.2, 0.25) is 5.88 Å². The molecule has 0 amide bonds. The molecule has 18 heavy (non-hydrogen) atoms. The van der Waals surface area contributed by atoms with E-state index < -0.39 is 0 Å². The number of rotatable bonds is 6. The van der Waals surface area contributed by atoms with Gasteiger partial charge in [-0.05, 0) is 41.8 Å². The Morgan fingerprint density at radius 1 is 1.33 bits per heavy atom. The van der Waals surface area contributed by atoms with E-state index in [2.05, 4.69) is 48.1 Å². The molecule has 1 heterocycles. The molecule has 102 valence electrons. The second-order valence-corrected chi connectivity index (χ2v) is 5.13. The van der Waals surface area contributed by atoms with E-state index in [0.29, 0.717) is 18.3 Å². The van der Waals surface area contributed by atoms with E-state index in [1.54, 1.807) is 0 Å². The normalized spacial score (nSPS) is 11.7. The largest absolute Gasteiger partial charge is 0.478 e. The van der Waals surface area contributed by atoms with Crippen molar-refractivity contribution in [3.63, 3.8) is 0 Å². The Morgan fingerprint density at radius 3 is 2.56 bits per heavy atom. The Labute approximate surface area is 110 Å². The van der Waals surface area contributed by atoms with Crippen LogP contribution < -0.4 is 10.1 Å². The molecule has 1 rings (SSSR count). The van der Waals surface area contributed by atoms with Crippen LogP contribution in [0, 0.1) is 6.92 Å². The fourth-order valence-corrected chi connectivity index (χ4v) is 1.32. The van der Waals surface area contributed by atoms with Crippen LogP contribution in [0.4, 0.5) is 5.82 Å². The number of nitrogens with one attached hydrogen (secondary N) is 1. The highest BCUT2D eigenvalue weighted by molar-refractivity contribution is 5.38. The van der Waals surface area contributed by atoms with Crippen molar-refractivity contribution in [1.82, 2.24) is 14.9 Å². The summed E-state index contributed by atoms with van der Waals surface area (Å²) in [5.41, 5.74) is 0.0602. The van der Waals surface area contributed by atoms with Crippen LogP contribution in [0.25, 0.3) is 0 Å². The van der Waals surface area contributed by atoms with Crippen LogP contribution in [0.3, 0.4) is 0 Å². The number of aromatic nitrogens is 2. The van der Waals surface area contributed by atoms with E-state index in [1.807, 2.05) is 19.9 Å². The van der Waals surface area contributed by atoms with Crippen molar-refractivity contribution in [2.75, 3.05) is 32.6 Å². The molecular formula is C13H24N4O. The summed E-state index contributed by atoms with van der Waals surface area (Å²) in [7, 11) is 4.14. The molecular weight excluding hydrogens is 228 g/mol. The molecule has 0 aliphatic carbocycles. The van der Waals surface area contributed by atoms with Crippen LogP contribution in [0.2, 0.25) is 0 Å². The third kappa shape index (κ3) is 4.14. The summed E-state index contributed by atoms with van der Waals surface area (Å²) in [6.07, 6.45) is 0. The Kier molecular flexibility index (Phi) is 4.90. The highest BCUT2D eigenvalue weighted by Gasteiger charge is 2.20. The molecule has 0 radical (unpaired) electrons. The SMILES string of the molecule is CCOc1cc(NCC(C)(C)N(C)C)nc(C)n1. The molecule has 5 nitrogen and oxygen atoms in total. The minimum atomic E-state index is 0.0602. The number of hydrogen-bond donors (Lipinski definition) is 1. The topological polar surface area (TPSA) is 50.3 Å². The predicted molar refractivity (Wildman–Crippen MR) is 74.2 cm³/mol. The third-order valence-corrected chi connectivity index (χ3v) is 3.02. The lowest BCUT2D eigenvalue weighted by molar-refractivity contribution is 0.210. The first-order chi connectivity index (χ1) is 8.35. The molecule has 0 saturated heterocycles. The Morgan fingerprint density at radius 2 is 2.00 bits per heavy atom. The van der Waals surface area contributed by atoms with E-state index in [-0.39, 0.29) is 5.54 Å². The number of anilines is 1. The van der Waals surface area contributed by atoms with Gasteiger partial charge in [0, 0.05) is 18.2 Å². The Hall–Kier alpha value is -1.36. The standard InChI is InChI=1S/C13H24N4O/c1-7-18-12-8-11(15-10(2)16-12)14-9-13(3,4)17(5)6/h8H,7,9H2,1-6H3,(H,14,15,16). The zero-order valence-corrected chi connectivity index (χ0v) is 12.2. The molecule has 0 aliphatic heterocycles. The lowest BCUT2D eigenvalue weighted by Crippen LogP contribution is -2.44. The van der Waals surface area contributed by atoms with Crippen molar-refractivity contribution < 1.29 is 4.74 Å². The fourth-order valence-electron chi connectivity index (χ4n) is 1.32. The average Bonchev–Trinajstić information content (AvgIpc) is 2.26. The molecule has 5 heteroatoms. The first kappa shape index (κ1) is 14.7. The summed E-state index contributed by atoms with van der Waals surface area (Å²) in [4.78, 5) is 10.8. The highest BCUT2D eigenvalue weighted by atomic mass is 16.5. The molecule has 0 spiro atoms. The summed E-state index contributed by atoms with van der Waals surface area (Å²) in [5.74, 6) is 2.14. The second kappa shape index (κ2) is 6.00. The molecule has 0 saturated carbocycles. The highest BCUT2D eigenvalue weighted by Crippen LogP contribution is 2.16. The van der Waals surface area contributed by atoms with Gasteiger partial charge >= 0.3 is 0 Å². The van der Waals surface area contributed by atoms with Gasteiger partial charge in [-0.1, -0.05) is 0 Å². The summed E-state index contributed by atoms with van der Waals surface area (Å²) in [5, 5.41) is 3.33. The minimum absolute atomic E-state index is 0.0602. The maximum atomic E-state index is 5.41. The summed E-state index contributed by atoms with van der Waals surface area (Å²) in [6, 6.07) is 1.84. The Bertz CT molecular complexity index is 391. The first-order valence-electron chi connectivity index (χ1n) is 6.25. The van der Waals surface area contributed by atoms with Crippen molar-refractivity contribution in [2.45, 2.75) is 33.2 Å². The fraction of sp³-hybridized carbons (Fsp3) is 0.692. The quantitative estimate of drug-likeness (QED) is 0.838. The average molecular weight is 252 g/mol. The van der Waals surface area contributed by atoms with Gasteiger partial charge in [-0.15, -0.1) is 0 Å². The van der Waals surface area contributed by atoms with Gasteiger partial charge in [-0.2, -0.15) is 4.98 Å². The van der Waals surface area contributed by atoms with Gasteiger partial charge < -0.3 is 15.0 Å². The second-order valence-electron chi connectivity index (χ2n) is 5.13. The van der Waals surface area contributed by atoms with E-state index in [9.17, 15) is 0 Å². The molecule has 1 aromatic rings. The number of ether oxygens (including phenoxy) is 1. The lowest BCUT2D eigenvalue weighted by Gasteiger charge is -2.32. The zero-order valence-electron chi connectivity index (χ0n) is 12.2. The van der Waals surface area contributed by atoms with Crippen LogP contribution in [-0.2, 0) is 0 Å². The van der Waals surface area contributed by atoms with Crippen molar-refractivity contribution in [3.05, 3.63) is 11.9 Å². The van der Waals surface area contributed by atoms with Crippen molar-refractivity contribution in [2.24, 2.45) is 0 Å². The minimum Gasteiger partial charge on any atom is -0.478 e. The van der Waals surface area contributed by atoms with Crippen molar-refractivity contribution in [1.29, 1.82) is 0 Å². The number of nitrogens with zero attached hydrogens (tertiary/aromatic N) is 3. The van der Waals surface area contributed by atoms with Crippen LogP contribution in [-0.4, -0.2) is 47.7 Å². The number of hydrogen-bond acceptors (Lipinski definition) is 5. The first-order valence-corrected chi connectivity index (χ1v) is 6.25. The molecule has 0 aromatic carbocycles. The van der Waals surface area contributed by atoms with E-state index in [0.717, 1.165) is 12.4 Å². The van der Waals surface area contributed by atoms with Gasteiger partial charge in [0.15, 0.2) is 0 Å². The van der Waals surface area contributed by atoms with Crippen LogP contribution >= 0.6 is 0 Å². The molecule has 1 aromatic heterocycles. The van der Waals surface area contributed by atoms with Crippen LogP contribution in [0.15, 0.2) is 6.07 Å². The van der Waals surface area contributed by atoms with Gasteiger partial charge in [-0.25, -0.2) is 4.98 Å². The molecule has 0 aliphatic rings. The van der Waals surface area contributed by atoms with E-state index in [1.165, 1.54) is 0 Å². The Balaban J connectivity index is 2.73. The van der Waals surface area contributed by atoms with Crippen LogP contribution in [0.1, 0.15) is 26.6 Å². The summed E-state index contributed by atoms with van der Waals surface area (Å²) in [6.45, 7) is 9.58. The van der Waals surface area contributed by atoms with Gasteiger partial charge in [0.05, 0.1) is 6.61 Å². The summed E-state index contributed by atoms with van der Waals surface area (Å²) >= 11 is 0.